The lowest BCUT2D eigenvalue weighted by atomic mass is 9.98. The molecule has 0 amide bonds. The molecule has 0 aliphatic rings. The Morgan fingerprint density at radius 2 is 1.86 bits per heavy atom. The van der Waals surface area contributed by atoms with Crippen LogP contribution >= 0.6 is 0 Å². The van der Waals surface area contributed by atoms with Gasteiger partial charge in [0.05, 0.1) is 6.10 Å². The molecule has 4 heteroatoms. The van der Waals surface area contributed by atoms with E-state index in [2.05, 4.69) is 0 Å². The van der Waals surface area contributed by atoms with Crippen LogP contribution in [0.3, 0.4) is 0 Å². The number of halogens is 2. The number of aryl methyl sites for hydroxylation is 1. The largest absolute Gasteiger partial charge is 0.461 e. The lowest BCUT2D eigenvalue weighted by molar-refractivity contribution is 0.176. The zero-order chi connectivity index (χ0) is 15.0. The Hall–Kier alpha value is -2.20. The summed E-state index contributed by atoms with van der Waals surface area (Å²) in [5, 5.41) is 11.2. The van der Waals surface area contributed by atoms with Gasteiger partial charge in [0.1, 0.15) is 11.3 Å². The van der Waals surface area contributed by atoms with Gasteiger partial charge in [-0.3, -0.25) is 0 Å². The molecule has 1 unspecified atom stereocenters. The number of rotatable bonds is 3. The maximum Gasteiger partial charge on any atom is 0.162 e. The van der Waals surface area contributed by atoms with Crippen molar-refractivity contribution in [2.24, 2.45) is 0 Å². The average Bonchev–Trinajstić information content (AvgIpc) is 2.79. The number of fused-ring (bicyclic) bond motifs is 1. The van der Waals surface area contributed by atoms with Crippen molar-refractivity contribution in [3.05, 3.63) is 71.0 Å². The number of furan rings is 1. The predicted molar refractivity (Wildman–Crippen MR) is 76.0 cm³/mol. The Kier molecular flexibility index (Phi) is 3.47. The maximum absolute atomic E-state index is 13.7. The summed E-state index contributed by atoms with van der Waals surface area (Å²) >= 11 is 0. The Morgan fingerprint density at radius 3 is 2.67 bits per heavy atom. The summed E-state index contributed by atoms with van der Waals surface area (Å²) in [5.41, 5.74) is 1.44. The first-order chi connectivity index (χ1) is 10.1. The van der Waals surface area contributed by atoms with Gasteiger partial charge in [-0.15, -0.1) is 0 Å². The van der Waals surface area contributed by atoms with E-state index in [1.54, 1.807) is 13.0 Å². The molecule has 0 saturated heterocycles. The van der Waals surface area contributed by atoms with Gasteiger partial charge in [0, 0.05) is 17.4 Å². The van der Waals surface area contributed by atoms with Crippen molar-refractivity contribution >= 4 is 11.0 Å². The zero-order valence-corrected chi connectivity index (χ0v) is 11.4. The number of para-hydroxylation sites is 1. The highest BCUT2D eigenvalue weighted by Gasteiger charge is 2.20. The van der Waals surface area contributed by atoms with Gasteiger partial charge in [0.25, 0.3) is 0 Å². The summed E-state index contributed by atoms with van der Waals surface area (Å²) in [6, 6.07) is 11.3. The van der Waals surface area contributed by atoms with Crippen LogP contribution in [0.1, 0.15) is 23.0 Å². The van der Waals surface area contributed by atoms with Gasteiger partial charge in [0.15, 0.2) is 11.6 Å². The molecule has 0 aliphatic carbocycles. The van der Waals surface area contributed by atoms with E-state index in [9.17, 15) is 13.9 Å². The van der Waals surface area contributed by atoms with Crippen molar-refractivity contribution in [3.8, 4) is 0 Å². The van der Waals surface area contributed by atoms with E-state index in [4.69, 9.17) is 4.42 Å². The molecule has 108 valence electrons. The summed E-state index contributed by atoms with van der Waals surface area (Å²) < 4.78 is 32.5. The third-order valence-electron chi connectivity index (χ3n) is 3.60. The molecule has 21 heavy (non-hydrogen) atoms. The maximum atomic E-state index is 13.7. The molecule has 3 aromatic rings. The van der Waals surface area contributed by atoms with Gasteiger partial charge >= 0.3 is 0 Å². The van der Waals surface area contributed by atoms with E-state index >= 15 is 0 Å². The van der Waals surface area contributed by atoms with Crippen LogP contribution in [0, 0.1) is 18.6 Å². The van der Waals surface area contributed by atoms with Crippen LogP contribution in [-0.2, 0) is 6.42 Å². The molecule has 1 heterocycles. The van der Waals surface area contributed by atoms with Crippen LogP contribution in [0.15, 0.2) is 46.9 Å². The van der Waals surface area contributed by atoms with Crippen molar-refractivity contribution in [2.45, 2.75) is 19.4 Å². The van der Waals surface area contributed by atoms with E-state index in [-0.39, 0.29) is 12.0 Å². The van der Waals surface area contributed by atoms with E-state index in [0.29, 0.717) is 16.9 Å². The molecule has 0 radical (unpaired) electrons. The number of hydrogen-bond acceptors (Lipinski definition) is 2. The van der Waals surface area contributed by atoms with Gasteiger partial charge in [-0.1, -0.05) is 30.3 Å². The van der Waals surface area contributed by atoms with Crippen molar-refractivity contribution in [3.63, 3.8) is 0 Å². The predicted octanol–water partition coefficient (Wildman–Crippen LogP) is 4.30. The van der Waals surface area contributed by atoms with Gasteiger partial charge in [-0.25, -0.2) is 8.78 Å². The number of aliphatic hydroxyl groups excluding tert-OH is 1. The number of aliphatic hydroxyl groups is 1. The minimum atomic E-state index is -0.954. The monoisotopic (exact) mass is 288 g/mol. The van der Waals surface area contributed by atoms with E-state index in [1.807, 2.05) is 18.2 Å². The number of hydrogen-bond donors (Lipinski definition) is 1. The Morgan fingerprint density at radius 1 is 1.10 bits per heavy atom. The van der Waals surface area contributed by atoms with Crippen molar-refractivity contribution in [1.29, 1.82) is 0 Å². The van der Waals surface area contributed by atoms with Crippen molar-refractivity contribution in [2.75, 3.05) is 0 Å². The van der Waals surface area contributed by atoms with Gasteiger partial charge in [-0.2, -0.15) is 0 Å². The summed E-state index contributed by atoms with van der Waals surface area (Å²) in [6.45, 7) is 1.75. The molecule has 2 aromatic carbocycles. The second-order valence-electron chi connectivity index (χ2n) is 5.00. The summed E-state index contributed by atoms with van der Waals surface area (Å²) in [5.74, 6) is -1.24. The highest BCUT2D eigenvalue weighted by atomic mass is 19.2. The normalized spacial score (nSPS) is 12.8. The van der Waals surface area contributed by atoms with Gasteiger partial charge in [0.2, 0.25) is 0 Å². The van der Waals surface area contributed by atoms with Crippen LogP contribution in [0.5, 0.6) is 0 Å². The summed E-state index contributed by atoms with van der Waals surface area (Å²) in [6.07, 6.45) is -0.960. The molecule has 0 fully saturated rings. The lowest BCUT2D eigenvalue weighted by Crippen LogP contribution is -2.05. The summed E-state index contributed by atoms with van der Waals surface area (Å²) in [4.78, 5) is 0. The average molecular weight is 288 g/mol. The first kappa shape index (κ1) is 13.8. The second kappa shape index (κ2) is 5.30. The van der Waals surface area contributed by atoms with E-state index < -0.39 is 17.7 Å². The third-order valence-corrected chi connectivity index (χ3v) is 3.60. The fourth-order valence-electron chi connectivity index (χ4n) is 2.62. The molecule has 0 aliphatic heterocycles. The van der Waals surface area contributed by atoms with E-state index in [1.165, 1.54) is 12.1 Å². The van der Waals surface area contributed by atoms with Gasteiger partial charge < -0.3 is 9.52 Å². The van der Waals surface area contributed by atoms with Crippen molar-refractivity contribution < 1.29 is 18.3 Å². The molecule has 0 spiro atoms. The number of benzene rings is 2. The highest BCUT2D eigenvalue weighted by molar-refractivity contribution is 5.82. The zero-order valence-electron chi connectivity index (χ0n) is 11.4. The fourth-order valence-corrected chi connectivity index (χ4v) is 2.62. The van der Waals surface area contributed by atoms with Crippen LogP contribution in [-0.4, -0.2) is 5.11 Å². The first-order valence-corrected chi connectivity index (χ1v) is 6.67. The molecular weight excluding hydrogens is 274 g/mol. The molecule has 1 aromatic heterocycles. The minimum absolute atomic E-state index is 0.00599. The second-order valence-corrected chi connectivity index (χ2v) is 5.00. The Bertz CT molecular complexity index is 793. The van der Waals surface area contributed by atoms with Gasteiger partial charge in [-0.05, 0) is 24.6 Å². The molecule has 0 saturated carbocycles. The third kappa shape index (κ3) is 2.43. The minimum Gasteiger partial charge on any atom is -0.461 e. The quantitative estimate of drug-likeness (QED) is 0.779. The van der Waals surface area contributed by atoms with Crippen LogP contribution in [0.25, 0.3) is 11.0 Å². The molecule has 3 rings (SSSR count). The molecule has 0 bridgehead atoms. The molecular formula is C17H14F2O2. The lowest BCUT2D eigenvalue weighted by Gasteiger charge is -2.11. The standard InChI is InChI=1S/C17H14F2O2/c1-10-16(12-6-2-3-8-15(12)21-10)14(20)9-11-5-4-7-13(18)17(11)19/h2-8,14,20H,9H2,1H3. The van der Waals surface area contributed by atoms with E-state index in [0.717, 1.165) is 11.5 Å². The van der Waals surface area contributed by atoms with Crippen LogP contribution in [0.2, 0.25) is 0 Å². The topological polar surface area (TPSA) is 33.4 Å². The Labute approximate surface area is 120 Å². The van der Waals surface area contributed by atoms with Crippen LogP contribution < -0.4 is 0 Å². The molecule has 1 atom stereocenters. The van der Waals surface area contributed by atoms with Crippen molar-refractivity contribution in [1.82, 2.24) is 0 Å². The first-order valence-electron chi connectivity index (χ1n) is 6.67. The summed E-state index contributed by atoms with van der Waals surface area (Å²) in [7, 11) is 0. The fraction of sp³-hybridized carbons (Fsp3) is 0.176. The Balaban J connectivity index is 1.99. The molecule has 2 nitrogen and oxygen atoms in total. The van der Waals surface area contributed by atoms with Crippen LogP contribution in [0.4, 0.5) is 8.78 Å². The highest BCUT2D eigenvalue weighted by Crippen LogP contribution is 2.32. The smallest absolute Gasteiger partial charge is 0.162 e. The SMILES string of the molecule is Cc1oc2ccccc2c1C(O)Cc1cccc(F)c1F. The molecule has 1 N–H and O–H groups in total.